The van der Waals surface area contributed by atoms with Crippen molar-refractivity contribution in [2.45, 2.75) is 45.3 Å². The average molecular weight is 304 g/mol. The Morgan fingerprint density at radius 1 is 1.10 bits per heavy atom. The SMILES string of the molecule is CSC(C)(C)CNC(=O)NC(=O)CC(C)(C)CC(=O)O. The van der Waals surface area contributed by atoms with Crippen molar-refractivity contribution in [3.63, 3.8) is 0 Å². The third kappa shape index (κ3) is 8.79. The standard InChI is InChI=1S/C13H24N2O4S/c1-12(2,7-10(17)18)6-9(16)15-11(19)14-8-13(3,4)20-5/h6-8H2,1-5H3,(H,17,18)(H2,14,15,16,19). The van der Waals surface area contributed by atoms with Crippen LogP contribution in [0.15, 0.2) is 0 Å². The van der Waals surface area contributed by atoms with Gasteiger partial charge in [-0.1, -0.05) is 13.8 Å². The van der Waals surface area contributed by atoms with Crippen molar-refractivity contribution in [2.75, 3.05) is 12.8 Å². The molecule has 0 aliphatic rings. The Kier molecular flexibility index (Phi) is 7.05. The number of nitrogens with one attached hydrogen (secondary N) is 2. The van der Waals surface area contributed by atoms with Gasteiger partial charge in [0.05, 0.1) is 6.42 Å². The third-order valence-electron chi connectivity index (χ3n) is 2.75. The topological polar surface area (TPSA) is 95.5 Å². The van der Waals surface area contributed by atoms with Crippen LogP contribution in [0.3, 0.4) is 0 Å². The highest BCUT2D eigenvalue weighted by atomic mass is 32.2. The molecular formula is C13H24N2O4S. The first-order valence-electron chi connectivity index (χ1n) is 6.32. The van der Waals surface area contributed by atoms with Gasteiger partial charge in [-0.05, 0) is 25.5 Å². The molecule has 0 saturated heterocycles. The average Bonchev–Trinajstić information content (AvgIpc) is 2.23. The molecule has 0 aromatic heterocycles. The number of urea groups is 1. The molecule has 0 unspecified atom stereocenters. The number of carbonyl (C=O) groups is 3. The van der Waals surface area contributed by atoms with E-state index in [0.717, 1.165) is 0 Å². The molecule has 0 spiro atoms. The summed E-state index contributed by atoms with van der Waals surface area (Å²) >= 11 is 1.61. The minimum absolute atomic E-state index is 0.0152. The predicted molar refractivity (Wildman–Crippen MR) is 79.8 cm³/mol. The van der Waals surface area contributed by atoms with Gasteiger partial charge in [-0.15, -0.1) is 0 Å². The van der Waals surface area contributed by atoms with Gasteiger partial charge in [0.15, 0.2) is 0 Å². The number of imide groups is 1. The van der Waals surface area contributed by atoms with E-state index in [-0.39, 0.29) is 17.6 Å². The van der Waals surface area contributed by atoms with Gasteiger partial charge in [-0.3, -0.25) is 14.9 Å². The monoisotopic (exact) mass is 304 g/mol. The van der Waals surface area contributed by atoms with Crippen molar-refractivity contribution in [3.8, 4) is 0 Å². The van der Waals surface area contributed by atoms with E-state index in [2.05, 4.69) is 10.6 Å². The maximum atomic E-state index is 11.7. The number of carbonyl (C=O) groups excluding carboxylic acids is 2. The minimum atomic E-state index is -0.964. The Morgan fingerprint density at radius 3 is 2.10 bits per heavy atom. The largest absolute Gasteiger partial charge is 0.481 e. The summed E-state index contributed by atoms with van der Waals surface area (Å²) in [6.45, 7) is 7.75. The molecule has 0 bridgehead atoms. The zero-order chi connectivity index (χ0) is 16.0. The van der Waals surface area contributed by atoms with E-state index < -0.39 is 23.3 Å². The Morgan fingerprint density at radius 2 is 1.65 bits per heavy atom. The highest BCUT2D eigenvalue weighted by molar-refractivity contribution is 7.99. The van der Waals surface area contributed by atoms with Crippen LogP contribution in [-0.4, -0.2) is 40.6 Å². The van der Waals surface area contributed by atoms with E-state index in [1.165, 1.54) is 0 Å². The third-order valence-corrected chi connectivity index (χ3v) is 4.00. The van der Waals surface area contributed by atoms with Crippen LogP contribution in [0.1, 0.15) is 40.5 Å². The summed E-state index contributed by atoms with van der Waals surface area (Å²) in [7, 11) is 0. The molecule has 0 saturated carbocycles. The fourth-order valence-corrected chi connectivity index (χ4v) is 1.70. The summed E-state index contributed by atoms with van der Waals surface area (Å²) in [5, 5.41) is 13.6. The number of amides is 3. The van der Waals surface area contributed by atoms with Crippen LogP contribution in [0, 0.1) is 5.41 Å². The lowest BCUT2D eigenvalue weighted by Gasteiger charge is -2.23. The lowest BCUT2D eigenvalue weighted by atomic mass is 9.85. The van der Waals surface area contributed by atoms with Crippen molar-refractivity contribution in [1.29, 1.82) is 0 Å². The van der Waals surface area contributed by atoms with E-state index in [4.69, 9.17) is 5.11 Å². The van der Waals surface area contributed by atoms with Gasteiger partial charge in [-0.2, -0.15) is 11.8 Å². The van der Waals surface area contributed by atoms with Gasteiger partial charge < -0.3 is 10.4 Å². The first-order valence-corrected chi connectivity index (χ1v) is 7.54. The molecular weight excluding hydrogens is 280 g/mol. The minimum Gasteiger partial charge on any atom is -0.481 e. The summed E-state index contributed by atoms with van der Waals surface area (Å²) in [6.07, 6.45) is 1.80. The molecule has 0 heterocycles. The fraction of sp³-hybridized carbons (Fsp3) is 0.769. The zero-order valence-electron chi connectivity index (χ0n) is 12.7. The van der Waals surface area contributed by atoms with Crippen LogP contribution in [0.4, 0.5) is 4.79 Å². The number of thioether (sulfide) groups is 1. The molecule has 0 radical (unpaired) electrons. The molecule has 20 heavy (non-hydrogen) atoms. The fourth-order valence-electron chi connectivity index (χ4n) is 1.49. The van der Waals surface area contributed by atoms with Gasteiger partial charge >= 0.3 is 12.0 Å². The van der Waals surface area contributed by atoms with Gasteiger partial charge in [0.1, 0.15) is 0 Å². The summed E-state index contributed by atoms with van der Waals surface area (Å²) in [5.41, 5.74) is -0.686. The highest BCUT2D eigenvalue weighted by Gasteiger charge is 2.26. The quantitative estimate of drug-likeness (QED) is 0.667. The first-order chi connectivity index (χ1) is 8.97. The Hall–Kier alpha value is -1.24. The molecule has 0 aromatic carbocycles. The smallest absolute Gasteiger partial charge is 0.321 e. The number of carboxylic acid groups (broad SMARTS) is 1. The van der Waals surface area contributed by atoms with E-state index in [9.17, 15) is 14.4 Å². The summed E-state index contributed by atoms with van der Waals surface area (Å²) in [6, 6.07) is -0.553. The molecule has 0 fully saturated rings. The van der Waals surface area contributed by atoms with Crippen LogP contribution in [0.5, 0.6) is 0 Å². The van der Waals surface area contributed by atoms with Gasteiger partial charge in [0.25, 0.3) is 0 Å². The molecule has 0 rings (SSSR count). The number of hydrogen-bond donors (Lipinski definition) is 3. The highest BCUT2D eigenvalue weighted by Crippen LogP contribution is 2.24. The number of aliphatic carboxylic acids is 1. The van der Waals surface area contributed by atoms with E-state index in [1.807, 2.05) is 20.1 Å². The van der Waals surface area contributed by atoms with Crippen molar-refractivity contribution >= 4 is 29.7 Å². The predicted octanol–water partition coefficient (Wildman–Crippen LogP) is 1.84. The normalized spacial score (nSPS) is 11.8. The molecule has 0 aliphatic carbocycles. The number of carboxylic acids is 1. The van der Waals surface area contributed by atoms with Crippen molar-refractivity contribution in [3.05, 3.63) is 0 Å². The Labute approximate surface area is 124 Å². The molecule has 6 nitrogen and oxygen atoms in total. The molecule has 0 aromatic rings. The van der Waals surface area contributed by atoms with Crippen LogP contribution < -0.4 is 10.6 Å². The maximum absolute atomic E-state index is 11.7. The van der Waals surface area contributed by atoms with Gasteiger partial charge in [0, 0.05) is 17.7 Å². The van der Waals surface area contributed by atoms with E-state index in [1.54, 1.807) is 25.6 Å². The number of rotatable bonds is 7. The van der Waals surface area contributed by atoms with Gasteiger partial charge in [-0.25, -0.2) is 4.79 Å². The second-order valence-electron chi connectivity index (χ2n) is 6.11. The van der Waals surface area contributed by atoms with E-state index in [0.29, 0.717) is 6.54 Å². The molecule has 3 amide bonds. The molecule has 7 heteroatoms. The van der Waals surface area contributed by atoms with Crippen molar-refractivity contribution in [2.24, 2.45) is 5.41 Å². The summed E-state index contributed by atoms with van der Waals surface area (Å²) in [4.78, 5) is 33.9. The Balaban J connectivity index is 4.21. The zero-order valence-corrected chi connectivity index (χ0v) is 13.5. The van der Waals surface area contributed by atoms with E-state index >= 15 is 0 Å². The molecule has 0 atom stereocenters. The summed E-state index contributed by atoms with van der Waals surface area (Å²) < 4.78 is -0.108. The Bertz CT molecular complexity index is 381. The van der Waals surface area contributed by atoms with Gasteiger partial charge in [0.2, 0.25) is 5.91 Å². The second-order valence-corrected chi connectivity index (χ2v) is 7.62. The lowest BCUT2D eigenvalue weighted by Crippen LogP contribution is -2.45. The number of hydrogen-bond acceptors (Lipinski definition) is 4. The molecule has 3 N–H and O–H groups in total. The second kappa shape index (κ2) is 7.52. The lowest BCUT2D eigenvalue weighted by molar-refractivity contribution is -0.139. The van der Waals surface area contributed by atoms with Crippen molar-refractivity contribution in [1.82, 2.24) is 10.6 Å². The van der Waals surface area contributed by atoms with Crippen LogP contribution in [-0.2, 0) is 9.59 Å². The van der Waals surface area contributed by atoms with Crippen LogP contribution in [0.25, 0.3) is 0 Å². The first kappa shape index (κ1) is 18.8. The molecule has 0 aliphatic heterocycles. The summed E-state index contributed by atoms with van der Waals surface area (Å²) in [5.74, 6) is -1.44. The van der Waals surface area contributed by atoms with Crippen LogP contribution >= 0.6 is 11.8 Å². The van der Waals surface area contributed by atoms with Crippen LogP contribution in [0.2, 0.25) is 0 Å². The molecule has 116 valence electrons. The van der Waals surface area contributed by atoms with Crippen molar-refractivity contribution < 1.29 is 19.5 Å². The maximum Gasteiger partial charge on any atom is 0.321 e.